The number of ether oxygens (including phenoxy) is 1. The molecule has 20 heavy (non-hydrogen) atoms. The maximum absolute atomic E-state index is 5.68. The number of nitrogens with one attached hydrogen (secondary N) is 1. The minimum absolute atomic E-state index is 0.220. The topological polar surface area (TPSA) is 34.2 Å². The molecule has 0 saturated carbocycles. The molecule has 0 radical (unpaired) electrons. The van der Waals surface area contributed by atoms with Crippen molar-refractivity contribution in [1.82, 2.24) is 10.3 Å². The number of aromatic nitrogens is 1. The second kappa shape index (κ2) is 5.80. The molecular formula is C16H22N2OS. The van der Waals surface area contributed by atoms with E-state index in [0.29, 0.717) is 6.04 Å². The number of para-hydroxylation sites is 1. The van der Waals surface area contributed by atoms with E-state index < -0.39 is 0 Å². The van der Waals surface area contributed by atoms with Crippen molar-refractivity contribution in [1.29, 1.82) is 0 Å². The Morgan fingerprint density at radius 1 is 1.40 bits per heavy atom. The Hall–Kier alpha value is -0.970. The summed E-state index contributed by atoms with van der Waals surface area (Å²) in [6, 6.07) is 8.91. The summed E-state index contributed by atoms with van der Waals surface area (Å²) in [5.74, 6) is 0. The highest BCUT2D eigenvalue weighted by Gasteiger charge is 2.36. The Morgan fingerprint density at radius 3 is 2.95 bits per heavy atom. The molecule has 1 aromatic heterocycles. The Balaban J connectivity index is 1.78. The number of hydrogen-bond donors (Lipinski definition) is 1. The van der Waals surface area contributed by atoms with Crippen molar-refractivity contribution >= 4 is 21.6 Å². The van der Waals surface area contributed by atoms with Crippen LogP contribution in [-0.4, -0.2) is 30.8 Å². The van der Waals surface area contributed by atoms with Crippen LogP contribution in [0, 0.1) is 5.41 Å². The van der Waals surface area contributed by atoms with E-state index >= 15 is 0 Å². The highest BCUT2D eigenvalue weighted by atomic mass is 32.1. The first-order valence-corrected chi connectivity index (χ1v) is 8.14. The first-order valence-electron chi connectivity index (χ1n) is 7.32. The van der Waals surface area contributed by atoms with E-state index in [4.69, 9.17) is 9.72 Å². The van der Waals surface area contributed by atoms with Gasteiger partial charge < -0.3 is 10.1 Å². The lowest BCUT2D eigenvalue weighted by atomic mass is 9.83. The van der Waals surface area contributed by atoms with Crippen LogP contribution in [0.5, 0.6) is 0 Å². The first kappa shape index (κ1) is 14.0. The van der Waals surface area contributed by atoms with Crippen LogP contribution in [0.2, 0.25) is 0 Å². The second-order valence-electron chi connectivity index (χ2n) is 6.09. The first-order chi connectivity index (χ1) is 9.67. The summed E-state index contributed by atoms with van der Waals surface area (Å²) in [6.45, 7) is 7.14. The van der Waals surface area contributed by atoms with Crippen molar-refractivity contribution in [2.24, 2.45) is 5.41 Å². The van der Waals surface area contributed by atoms with E-state index in [1.807, 2.05) is 11.3 Å². The van der Waals surface area contributed by atoms with Crippen LogP contribution < -0.4 is 5.32 Å². The van der Waals surface area contributed by atoms with Crippen LogP contribution in [0.15, 0.2) is 24.3 Å². The van der Waals surface area contributed by atoms with Gasteiger partial charge in [-0.1, -0.05) is 26.0 Å². The van der Waals surface area contributed by atoms with Gasteiger partial charge in [-0.3, -0.25) is 0 Å². The molecule has 1 saturated heterocycles. The fourth-order valence-corrected chi connectivity index (χ4v) is 3.87. The third kappa shape index (κ3) is 3.03. The molecule has 1 aromatic carbocycles. The lowest BCUT2D eigenvalue weighted by Crippen LogP contribution is -2.39. The third-order valence-electron chi connectivity index (χ3n) is 3.93. The SMILES string of the molecule is CC(C)NCC1(Cc2nc3ccccc3s2)CCOC1. The van der Waals surface area contributed by atoms with E-state index in [1.54, 1.807) is 0 Å². The number of fused-ring (bicyclic) bond motifs is 1. The van der Waals surface area contributed by atoms with Crippen LogP contribution in [0.1, 0.15) is 25.3 Å². The summed E-state index contributed by atoms with van der Waals surface area (Å²) < 4.78 is 6.96. The molecule has 3 nitrogen and oxygen atoms in total. The maximum Gasteiger partial charge on any atom is 0.0945 e. The number of benzene rings is 1. The predicted octanol–water partition coefficient (Wildman–Crippen LogP) is 3.24. The van der Waals surface area contributed by atoms with E-state index in [9.17, 15) is 0 Å². The normalized spacial score (nSPS) is 22.9. The van der Waals surface area contributed by atoms with Gasteiger partial charge in [0.1, 0.15) is 0 Å². The highest BCUT2D eigenvalue weighted by Crippen LogP contribution is 2.34. The fraction of sp³-hybridized carbons (Fsp3) is 0.562. The summed E-state index contributed by atoms with van der Waals surface area (Å²) in [5.41, 5.74) is 1.34. The fourth-order valence-electron chi connectivity index (χ4n) is 2.73. The van der Waals surface area contributed by atoms with Crippen molar-refractivity contribution < 1.29 is 4.74 Å². The van der Waals surface area contributed by atoms with E-state index in [0.717, 1.165) is 38.1 Å². The van der Waals surface area contributed by atoms with Crippen molar-refractivity contribution in [2.75, 3.05) is 19.8 Å². The Labute approximate surface area is 124 Å². The summed E-state index contributed by atoms with van der Waals surface area (Å²) in [6.07, 6.45) is 2.15. The molecule has 1 unspecified atom stereocenters. The van der Waals surface area contributed by atoms with Crippen molar-refractivity contribution in [3.05, 3.63) is 29.3 Å². The maximum atomic E-state index is 5.68. The monoisotopic (exact) mass is 290 g/mol. The van der Waals surface area contributed by atoms with Gasteiger partial charge in [0.2, 0.25) is 0 Å². The molecule has 0 amide bonds. The average molecular weight is 290 g/mol. The van der Waals surface area contributed by atoms with Crippen LogP contribution in [0.25, 0.3) is 10.2 Å². The molecule has 4 heteroatoms. The Bertz CT molecular complexity index is 540. The molecule has 0 bridgehead atoms. The van der Waals surface area contributed by atoms with Gasteiger partial charge >= 0.3 is 0 Å². The number of nitrogens with zero attached hydrogens (tertiary/aromatic N) is 1. The van der Waals surface area contributed by atoms with Crippen LogP contribution in [0.4, 0.5) is 0 Å². The minimum Gasteiger partial charge on any atom is -0.381 e. The third-order valence-corrected chi connectivity index (χ3v) is 4.97. The van der Waals surface area contributed by atoms with E-state index in [2.05, 4.69) is 43.4 Å². The molecule has 3 rings (SSSR count). The van der Waals surface area contributed by atoms with Gasteiger partial charge in [-0.15, -0.1) is 11.3 Å². The zero-order chi connectivity index (χ0) is 14.0. The molecule has 0 aliphatic carbocycles. The average Bonchev–Trinajstić information content (AvgIpc) is 3.03. The summed E-state index contributed by atoms with van der Waals surface area (Å²) >= 11 is 1.82. The number of hydrogen-bond acceptors (Lipinski definition) is 4. The lowest BCUT2D eigenvalue weighted by Gasteiger charge is -2.28. The van der Waals surface area contributed by atoms with Gasteiger partial charge in [0.25, 0.3) is 0 Å². The van der Waals surface area contributed by atoms with Gasteiger partial charge in [0, 0.05) is 31.0 Å². The molecule has 1 atom stereocenters. The zero-order valence-corrected chi connectivity index (χ0v) is 13.0. The lowest BCUT2D eigenvalue weighted by molar-refractivity contribution is 0.148. The predicted molar refractivity (Wildman–Crippen MR) is 84.3 cm³/mol. The number of thiazole rings is 1. The van der Waals surface area contributed by atoms with Crippen LogP contribution in [0.3, 0.4) is 0 Å². The largest absolute Gasteiger partial charge is 0.381 e. The second-order valence-corrected chi connectivity index (χ2v) is 7.21. The van der Waals surface area contributed by atoms with Gasteiger partial charge in [0.05, 0.1) is 21.8 Å². The minimum atomic E-state index is 0.220. The Morgan fingerprint density at radius 2 is 2.25 bits per heavy atom. The molecule has 1 fully saturated rings. The van der Waals surface area contributed by atoms with Gasteiger partial charge in [0.15, 0.2) is 0 Å². The van der Waals surface area contributed by atoms with Crippen LogP contribution >= 0.6 is 11.3 Å². The quantitative estimate of drug-likeness (QED) is 0.918. The molecule has 108 valence electrons. The highest BCUT2D eigenvalue weighted by molar-refractivity contribution is 7.18. The van der Waals surface area contributed by atoms with Crippen molar-refractivity contribution in [3.63, 3.8) is 0 Å². The standard InChI is InChI=1S/C16H22N2OS/c1-12(2)17-10-16(7-8-19-11-16)9-15-18-13-5-3-4-6-14(13)20-15/h3-6,12,17H,7-11H2,1-2H3. The number of rotatable bonds is 5. The summed E-state index contributed by atoms with van der Waals surface area (Å²) in [5, 5.41) is 4.82. The molecule has 1 aliphatic heterocycles. The zero-order valence-electron chi connectivity index (χ0n) is 12.2. The van der Waals surface area contributed by atoms with Crippen molar-refractivity contribution in [2.45, 2.75) is 32.7 Å². The molecule has 2 aromatic rings. The Kier molecular flexibility index (Phi) is 4.06. The molecule has 2 heterocycles. The molecule has 0 spiro atoms. The molecule has 1 N–H and O–H groups in total. The van der Waals surface area contributed by atoms with Gasteiger partial charge in [-0.2, -0.15) is 0 Å². The smallest absolute Gasteiger partial charge is 0.0945 e. The van der Waals surface area contributed by atoms with E-state index in [-0.39, 0.29) is 5.41 Å². The van der Waals surface area contributed by atoms with Crippen LogP contribution in [-0.2, 0) is 11.2 Å². The summed E-state index contributed by atoms with van der Waals surface area (Å²) in [4.78, 5) is 4.78. The van der Waals surface area contributed by atoms with E-state index in [1.165, 1.54) is 9.71 Å². The molecular weight excluding hydrogens is 268 g/mol. The molecule has 1 aliphatic rings. The van der Waals surface area contributed by atoms with Gasteiger partial charge in [-0.25, -0.2) is 4.98 Å². The van der Waals surface area contributed by atoms with Gasteiger partial charge in [-0.05, 0) is 18.6 Å². The summed E-state index contributed by atoms with van der Waals surface area (Å²) in [7, 11) is 0. The van der Waals surface area contributed by atoms with Crippen molar-refractivity contribution in [3.8, 4) is 0 Å².